The molecule has 0 aromatic heterocycles. The molecule has 0 atom stereocenters. The number of nitrogens with zero attached hydrogens (tertiary/aromatic N) is 3. The number of rotatable bonds is 3. The number of nitriles is 2. The molecule has 8 heteroatoms. The topological polar surface area (TPSA) is 117 Å². The first-order chi connectivity index (χ1) is 9.60. The van der Waals surface area contributed by atoms with Crippen molar-refractivity contribution >= 4 is 45.7 Å². The molecule has 0 bridgehead atoms. The van der Waals surface area contributed by atoms with Crippen LogP contribution in [-0.4, -0.2) is 4.92 Å². The second kappa shape index (κ2) is 5.70. The Labute approximate surface area is 122 Å². The van der Waals surface area contributed by atoms with E-state index in [1.54, 1.807) is 6.07 Å². The summed E-state index contributed by atoms with van der Waals surface area (Å²) in [7, 11) is 0. The van der Waals surface area contributed by atoms with Crippen LogP contribution in [0.5, 0.6) is 0 Å². The van der Waals surface area contributed by atoms with Crippen LogP contribution in [0.3, 0.4) is 0 Å². The van der Waals surface area contributed by atoms with E-state index in [0.29, 0.717) is 26.3 Å². The SMILES string of the molecule is N#CSc1cc(SC#N)c2c([N+](=O)[O-])cccc2c1N. The van der Waals surface area contributed by atoms with Gasteiger partial charge in [0.05, 0.1) is 16.0 Å². The van der Waals surface area contributed by atoms with Crippen molar-refractivity contribution in [3.05, 3.63) is 34.4 Å². The number of nitro benzene ring substituents is 1. The standard InChI is InChI=1S/C12H6N4O2S2/c13-5-19-9-4-10(20-6-14)12(15)7-2-1-3-8(11(7)9)16(17)18/h1-4H,15H2. The van der Waals surface area contributed by atoms with Crippen LogP contribution in [0.2, 0.25) is 0 Å². The van der Waals surface area contributed by atoms with Gasteiger partial charge in [0.15, 0.2) is 0 Å². The molecule has 6 nitrogen and oxygen atoms in total. The number of nitrogen functional groups attached to an aromatic ring is 1. The van der Waals surface area contributed by atoms with E-state index in [2.05, 4.69) is 0 Å². The molecule has 98 valence electrons. The molecule has 2 aromatic rings. The highest BCUT2D eigenvalue weighted by atomic mass is 32.2. The number of thioether (sulfide) groups is 2. The number of non-ortho nitro benzene ring substituents is 1. The third-order valence-corrected chi connectivity index (χ3v) is 3.90. The van der Waals surface area contributed by atoms with Gasteiger partial charge in [-0.2, -0.15) is 10.5 Å². The number of nitrogens with two attached hydrogens (primary N) is 1. The van der Waals surface area contributed by atoms with Gasteiger partial charge in [-0.3, -0.25) is 10.1 Å². The minimum atomic E-state index is -0.514. The summed E-state index contributed by atoms with van der Waals surface area (Å²) >= 11 is 1.67. The van der Waals surface area contributed by atoms with E-state index < -0.39 is 4.92 Å². The highest BCUT2D eigenvalue weighted by molar-refractivity contribution is 8.04. The second-order valence-electron chi connectivity index (χ2n) is 3.63. The van der Waals surface area contributed by atoms with Crippen molar-refractivity contribution in [1.29, 1.82) is 10.5 Å². The molecule has 0 aliphatic heterocycles. The number of anilines is 1. The molecule has 0 fully saturated rings. The fraction of sp³-hybridized carbons (Fsp3) is 0. The van der Waals surface area contributed by atoms with E-state index in [1.807, 2.05) is 10.8 Å². The Kier molecular flexibility index (Phi) is 3.99. The van der Waals surface area contributed by atoms with Crippen molar-refractivity contribution in [2.75, 3.05) is 5.73 Å². The number of fused-ring (bicyclic) bond motifs is 1. The molecular formula is C12H6N4O2S2. The third-order valence-electron chi connectivity index (χ3n) is 2.61. The lowest BCUT2D eigenvalue weighted by molar-refractivity contribution is -0.383. The molecule has 2 N–H and O–H groups in total. The van der Waals surface area contributed by atoms with Crippen LogP contribution in [0, 0.1) is 31.4 Å². The Morgan fingerprint density at radius 3 is 2.45 bits per heavy atom. The molecule has 2 rings (SSSR count). The summed E-state index contributed by atoms with van der Waals surface area (Å²) in [4.78, 5) is 11.5. The van der Waals surface area contributed by atoms with Crippen molar-refractivity contribution in [3.8, 4) is 10.8 Å². The van der Waals surface area contributed by atoms with Gasteiger partial charge < -0.3 is 5.73 Å². The maximum Gasteiger partial charge on any atom is 0.278 e. The molecule has 0 unspecified atom stereocenters. The number of thiocyanates is 2. The van der Waals surface area contributed by atoms with Crippen LogP contribution in [0.4, 0.5) is 11.4 Å². The van der Waals surface area contributed by atoms with Gasteiger partial charge in [-0.25, -0.2) is 0 Å². The molecule has 0 aliphatic rings. The Hall–Kier alpha value is -2.42. The lowest BCUT2D eigenvalue weighted by Gasteiger charge is -2.09. The van der Waals surface area contributed by atoms with Crippen LogP contribution < -0.4 is 5.73 Å². The Balaban J connectivity index is 2.91. The first-order valence-electron chi connectivity index (χ1n) is 5.21. The molecule has 0 aliphatic carbocycles. The second-order valence-corrected chi connectivity index (χ2v) is 5.28. The van der Waals surface area contributed by atoms with E-state index in [4.69, 9.17) is 16.3 Å². The van der Waals surface area contributed by atoms with Crippen molar-refractivity contribution in [2.45, 2.75) is 9.79 Å². The van der Waals surface area contributed by atoms with Crippen LogP contribution in [-0.2, 0) is 0 Å². The van der Waals surface area contributed by atoms with E-state index in [9.17, 15) is 10.1 Å². The number of hydrogen-bond donors (Lipinski definition) is 1. The highest BCUT2D eigenvalue weighted by Gasteiger charge is 2.19. The first-order valence-corrected chi connectivity index (χ1v) is 6.85. The molecule has 0 amide bonds. The number of benzene rings is 2. The molecule has 0 heterocycles. The van der Waals surface area contributed by atoms with Gasteiger partial charge in [-0.15, -0.1) is 0 Å². The predicted octanol–water partition coefficient (Wildman–Crippen LogP) is 3.48. The zero-order valence-electron chi connectivity index (χ0n) is 9.86. The Bertz CT molecular complexity index is 793. The molecular weight excluding hydrogens is 296 g/mol. The van der Waals surface area contributed by atoms with Crippen LogP contribution >= 0.6 is 23.5 Å². The lowest BCUT2D eigenvalue weighted by atomic mass is 10.1. The monoisotopic (exact) mass is 302 g/mol. The first kappa shape index (κ1) is 14.0. The fourth-order valence-electron chi connectivity index (χ4n) is 1.84. The summed E-state index contributed by atoms with van der Waals surface area (Å²) in [5.41, 5.74) is 6.15. The lowest BCUT2D eigenvalue weighted by Crippen LogP contribution is -1.96. The highest BCUT2D eigenvalue weighted by Crippen LogP contribution is 2.41. The Morgan fingerprint density at radius 2 is 1.85 bits per heavy atom. The van der Waals surface area contributed by atoms with Crippen molar-refractivity contribution < 1.29 is 4.92 Å². The largest absolute Gasteiger partial charge is 0.397 e. The predicted molar refractivity (Wildman–Crippen MR) is 78.0 cm³/mol. The van der Waals surface area contributed by atoms with Crippen LogP contribution in [0.25, 0.3) is 10.8 Å². The van der Waals surface area contributed by atoms with Gasteiger partial charge in [-0.05, 0) is 29.6 Å². The van der Waals surface area contributed by atoms with Gasteiger partial charge in [-0.1, -0.05) is 12.1 Å². The fourth-order valence-corrected chi connectivity index (χ4v) is 3.00. The summed E-state index contributed by atoms with van der Waals surface area (Å²) in [6.07, 6.45) is 0. The molecule has 0 saturated carbocycles. The summed E-state index contributed by atoms with van der Waals surface area (Å²) in [5.74, 6) is 0. The molecule has 0 radical (unpaired) electrons. The van der Waals surface area contributed by atoms with Crippen molar-refractivity contribution in [3.63, 3.8) is 0 Å². The molecule has 0 spiro atoms. The van der Waals surface area contributed by atoms with Crippen molar-refractivity contribution in [1.82, 2.24) is 0 Å². The quantitative estimate of drug-likeness (QED) is 0.303. The van der Waals surface area contributed by atoms with Gasteiger partial charge in [0.1, 0.15) is 10.8 Å². The minimum Gasteiger partial charge on any atom is -0.397 e. The maximum atomic E-state index is 11.1. The molecule has 0 saturated heterocycles. The van der Waals surface area contributed by atoms with E-state index in [1.165, 1.54) is 18.2 Å². The van der Waals surface area contributed by atoms with Crippen molar-refractivity contribution in [2.24, 2.45) is 0 Å². The van der Waals surface area contributed by atoms with Gasteiger partial charge in [0, 0.05) is 21.2 Å². The Morgan fingerprint density at radius 1 is 1.20 bits per heavy atom. The van der Waals surface area contributed by atoms with E-state index in [-0.39, 0.29) is 5.69 Å². The zero-order chi connectivity index (χ0) is 14.7. The van der Waals surface area contributed by atoms with Crippen LogP contribution in [0.15, 0.2) is 34.1 Å². The number of nitro groups is 1. The van der Waals surface area contributed by atoms with Crippen LogP contribution in [0.1, 0.15) is 0 Å². The normalized spacial score (nSPS) is 9.90. The molecule has 20 heavy (non-hydrogen) atoms. The summed E-state index contributed by atoms with van der Waals surface area (Å²) in [5, 5.41) is 33.3. The molecule has 2 aromatic carbocycles. The third kappa shape index (κ3) is 2.35. The van der Waals surface area contributed by atoms with Gasteiger partial charge >= 0.3 is 0 Å². The summed E-state index contributed by atoms with van der Waals surface area (Å²) < 4.78 is 0. The van der Waals surface area contributed by atoms with E-state index >= 15 is 0 Å². The van der Waals surface area contributed by atoms with Gasteiger partial charge in [0.2, 0.25) is 0 Å². The number of hydrogen-bond acceptors (Lipinski definition) is 7. The van der Waals surface area contributed by atoms with Gasteiger partial charge in [0.25, 0.3) is 5.69 Å². The van der Waals surface area contributed by atoms with E-state index in [0.717, 1.165) is 23.5 Å². The zero-order valence-corrected chi connectivity index (χ0v) is 11.5. The smallest absolute Gasteiger partial charge is 0.278 e. The summed E-state index contributed by atoms with van der Waals surface area (Å²) in [6, 6.07) is 6.06. The average Bonchev–Trinajstić information content (AvgIpc) is 2.43. The minimum absolute atomic E-state index is 0.111. The maximum absolute atomic E-state index is 11.1. The average molecular weight is 302 g/mol. The summed E-state index contributed by atoms with van der Waals surface area (Å²) in [6.45, 7) is 0.